The van der Waals surface area contributed by atoms with E-state index in [9.17, 15) is 9.90 Å². The molecule has 0 spiro atoms. The second-order valence-electron chi connectivity index (χ2n) is 8.57. The number of anilines is 1. The molecule has 36 heavy (non-hydrogen) atoms. The van der Waals surface area contributed by atoms with Gasteiger partial charge < -0.3 is 14.7 Å². The van der Waals surface area contributed by atoms with E-state index in [4.69, 9.17) is 4.74 Å². The summed E-state index contributed by atoms with van der Waals surface area (Å²) in [6.45, 7) is 1.18. The summed E-state index contributed by atoms with van der Waals surface area (Å²) in [7, 11) is 0. The second kappa shape index (κ2) is 14.1. The first-order valence-corrected chi connectivity index (χ1v) is 12.0. The number of aryl methyl sites for hydroxylation is 1. The van der Waals surface area contributed by atoms with Crippen LogP contribution in [-0.4, -0.2) is 30.1 Å². The van der Waals surface area contributed by atoms with Gasteiger partial charge >= 0.3 is 0 Å². The van der Waals surface area contributed by atoms with Gasteiger partial charge in [0.1, 0.15) is 18.5 Å². The monoisotopic (exact) mass is 501 g/mol. The van der Waals surface area contributed by atoms with Crippen LogP contribution in [0.1, 0.15) is 27.9 Å². The molecule has 0 aliphatic heterocycles. The van der Waals surface area contributed by atoms with Gasteiger partial charge in [0, 0.05) is 25.2 Å². The number of ether oxygens (including phenoxy) is 1. The Kier molecular flexibility index (Phi) is 10.6. The van der Waals surface area contributed by atoms with E-state index >= 15 is 0 Å². The van der Waals surface area contributed by atoms with E-state index in [1.54, 1.807) is 12.1 Å². The van der Waals surface area contributed by atoms with Crippen LogP contribution in [0.5, 0.6) is 5.75 Å². The van der Waals surface area contributed by atoms with Crippen LogP contribution in [0.2, 0.25) is 0 Å². The Hall–Kier alpha value is -3.60. The van der Waals surface area contributed by atoms with Crippen LogP contribution >= 0.6 is 12.4 Å². The predicted molar refractivity (Wildman–Crippen MR) is 148 cm³/mol. The number of para-hydroxylation sites is 2. The highest BCUT2D eigenvalue weighted by Crippen LogP contribution is 2.22. The zero-order valence-electron chi connectivity index (χ0n) is 20.2. The Balaban J connectivity index is 0.00000361. The average Bonchev–Trinajstić information content (AvgIpc) is 2.92. The quantitative estimate of drug-likeness (QED) is 0.229. The highest BCUT2D eigenvalue weighted by Gasteiger charge is 2.17. The number of ketones is 1. The number of hydrogen-bond donors (Lipinski definition) is 1. The average molecular weight is 502 g/mol. The van der Waals surface area contributed by atoms with Crippen molar-refractivity contribution in [3.8, 4) is 5.75 Å². The summed E-state index contributed by atoms with van der Waals surface area (Å²) in [5.41, 5.74) is 3.89. The highest BCUT2D eigenvalue weighted by atomic mass is 35.5. The molecule has 1 N–H and O–H groups in total. The molecule has 4 aromatic carbocycles. The largest absolute Gasteiger partial charge is 0.490 e. The molecule has 5 heteroatoms. The maximum atomic E-state index is 12.9. The van der Waals surface area contributed by atoms with E-state index in [0.717, 1.165) is 11.3 Å². The molecular formula is C31H32ClNO3. The fourth-order valence-corrected chi connectivity index (χ4v) is 4.06. The van der Waals surface area contributed by atoms with Gasteiger partial charge in [-0.05, 0) is 41.8 Å². The lowest BCUT2D eigenvalue weighted by molar-refractivity contribution is 0.0958. The molecular weight excluding hydrogens is 470 g/mol. The van der Waals surface area contributed by atoms with Crippen molar-refractivity contribution < 1.29 is 14.6 Å². The van der Waals surface area contributed by atoms with Gasteiger partial charge in [-0.3, -0.25) is 4.79 Å². The topological polar surface area (TPSA) is 49.8 Å². The second-order valence-corrected chi connectivity index (χ2v) is 8.57. The van der Waals surface area contributed by atoms with Gasteiger partial charge in [-0.1, -0.05) is 91.0 Å². The first kappa shape index (κ1) is 27.0. The van der Waals surface area contributed by atoms with Crippen LogP contribution in [0.15, 0.2) is 115 Å². The van der Waals surface area contributed by atoms with Gasteiger partial charge in [0.05, 0.1) is 5.56 Å². The molecule has 0 aliphatic carbocycles. The van der Waals surface area contributed by atoms with E-state index in [-0.39, 0.29) is 24.8 Å². The van der Waals surface area contributed by atoms with Crippen LogP contribution in [0, 0.1) is 0 Å². The fourth-order valence-electron chi connectivity index (χ4n) is 4.06. The minimum atomic E-state index is -0.730. The normalized spacial score (nSPS) is 11.2. The zero-order chi connectivity index (χ0) is 24.3. The van der Waals surface area contributed by atoms with Crippen LogP contribution in [0.4, 0.5) is 5.69 Å². The molecule has 0 fully saturated rings. The maximum absolute atomic E-state index is 12.9. The number of aliphatic hydroxyl groups is 1. The van der Waals surface area contributed by atoms with E-state index in [0.29, 0.717) is 37.2 Å². The molecule has 1 unspecified atom stereocenters. The molecule has 0 aromatic heterocycles. The summed E-state index contributed by atoms with van der Waals surface area (Å²) in [5, 5.41) is 10.9. The summed E-state index contributed by atoms with van der Waals surface area (Å²) in [4.78, 5) is 15.0. The predicted octanol–water partition coefficient (Wildman–Crippen LogP) is 6.37. The molecule has 0 bridgehead atoms. The van der Waals surface area contributed by atoms with Crippen molar-refractivity contribution in [2.75, 3.05) is 18.1 Å². The molecule has 0 amide bonds. The number of halogens is 1. The Morgan fingerprint density at radius 3 is 1.97 bits per heavy atom. The molecule has 4 aromatic rings. The number of nitrogens with zero attached hydrogens (tertiary/aromatic N) is 1. The number of carbonyl (C=O) groups is 1. The van der Waals surface area contributed by atoms with Gasteiger partial charge in [-0.25, -0.2) is 0 Å². The Bertz CT molecular complexity index is 1190. The number of rotatable bonds is 12. The minimum Gasteiger partial charge on any atom is -0.490 e. The SMILES string of the molecule is Cl.O=C(CCc1ccccc1)c1ccccc1OCC(O)CN(Cc1ccccc1)c1ccccc1. The Morgan fingerprint density at radius 2 is 1.31 bits per heavy atom. The Labute approximate surface area is 219 Å². The number of carbonyl (C=O) groups excluding carboxylic acids is 1. The first-order valence-electron chi connectivity index (χ1n) is 12.0. The van der Waals surface area contributed by atoms with Gasteiger partial charge in [0.15, 0.2) is 5.78 Å². The minimum absolute atomic E-state index is 0. The number of Topliss-reactive ketones (excluding diaryl/α,β-unsaturated/α-hetero) is 1. The summed E-state index contributed by atoms with van der Waals surface area (Å²) < 4.78 is 5.96. The number of hydrogen-bond acceptors (Lipinski definition) is 4. The standard InChI is InChI=1S/C31H31NO3.ClH/c33-28(23-32(27-16-8-3-9-17-27)22-26-14-6-2-7-15-26)24-35-31-19-11-10-18-29(31)30(34)21-20-25-12-4-1-5-13-25;/h1-19,28,33H,20-24H2;1H. The molecule has 1 atom stereocenters. The molecule has 0 saturated carbocycles. The molecule has 0 aliphatic rings. The lowest BCUT2D eigenvalue weighted by atomic mass is 10.0. The Morgan fingerprint density at radius 1 is 0.750 bits per heavy atom. The van der Waals surface area contributed by atoms with Gasteiger partial charge in [0.2, 0.25) is 0 Å². The molecule has 4 nitrogen and oxygen atoms in total. The van der Waals surface area contributed by atoms with Crippen LogP contribution in [0.25, 0.3) is 0 Å². The van der Waals surface area contributed by atoms with E-state index < -0.39 is 6.10 Å². The summed E-state index contributed by atoms with van der Waals surface area (Å²) in [5.74, 6) is 0.549. The molecule has 0 saturated heterocycles. The van der Waals surface area contributed by atoms with E-state index in [1.807, 2.05) is 91.0 Å². The van der Waals surface area contributed by atoms with Crippen molar-refractivity contribution in [1.29, 1.82) is 0 Å². The zero-order valence-corrected chi connectivity index (χ0v) is 21.0. The molecule has 4 rings (SSSR count). The smallest absolute Gasteiger partial charge is 0.166 e. The summed E-state index contributed by atoms with van der Waals surface area (Å²) in [6, 6.07) is 37.5. The van der Waals surface area contributed by atoms with Gasteiger partial charge in [-0.2, -0.15) is 0 Å². The van der Waals surface area contributed by atoms with Crippen molar-refractivity contribution in [3.05, 3.63) is 132 Å². The maximum Gasteiger partial charge on any atom is 0.166 e. The lowest BCUT2D eigenvalue weighted by Crippen LogP contribution is -2.35. The van der Waals surface area contributed by atoms with Crippen molar-refractivity contribution in [3.63, 3.8) is 0 Å². The third-order valence-electron chi connectivity index (χ3n) is 5.87. The first-order chi connectivity index (χ1) is 17.2. The van der Waals surface area contributed by atoms with Crippen molar-refractivity contribution in [2.24, 2.45) is 0 Å². The van der Waals surface area contributed by atoms with Crippen LogP contribution < -0.4 is 9.64 Å². The molecule has 0 heterocycles. The van der Waals surface area contributed by atoms with Gasteiger partial charge in [0.25, 0.3) is 0 Å². The fraction of sp³-hybridized carbons (Fsp3) is 0.194. The number of benzene rings is 4. The third kappa shape index (κ3) is 7.98. The summed E-state index contributed by atoms with van der Waals surface area (Å²) in [6.07, 6.45) is 0.361. The lowest BCUT2D eigenvalue weighted by Gasteiger charge is -2.27. The molecule has 0 radical (unpaired) electrons. The number of aliphatic hydroxyl groups excluding tert-OH is 1. The van der Waals surface area contributed by atoms with Crippen molar-refractivity contribution in [2.45, 2.75) is 25.5 Å². The molecule has 186 valence electrons. The summed E-state index contributed by atoms with van der Waals surface area (Å²) >= 11 is 0. The third-order valence-corrected chi connectivity index (χ3v) is 5.87. The van der Waals surface area contributed by atoms with E-state index in [1.165, 1.54) is 5.56 Å². The van der Waals surface area contributed by atoms with Gasteiger partial charge in [-0.15, -0.1) is 12.4 Å². The van der Waals surface area contributed by atoms with Crippen molar-refractivity contribution in [1.82, 2.24) is 0 Å². The van der Waals surface area contributed by atoms with E-state index in [2.05, 4.69) is 17.0 Å². The van der Waals surface area contributed by atoms with Crippen LogP contribution in [-0.2, 0) is 13.0 Å². The van der Waals surface area contributed by atoms with Crippen LogP contribution in [0.3, 0.4) is 0 Å². The van der Waals surface area contributed by atoms with Crippen molar-refractivity contribution >= 4 is 23.9 Å². The highest BCUT2D eigenvalue weighted by molar-refractivity contribution is 5.98.